The highest BCUT2D eigenvalue weighted by atomic mass is 35.5. The van der Waals surface area contributed by atoms with E-state index in [4.69, 9.17) is 37.2 Å². The standard InChI is InChI=1S/C30H29Cl2N3O7S/c31-23-2-1-3-24(32)26(23)27-22(28(42-33-27)16-4-5-16)15-41-25-13-19-12-21(25)30(37)35(19)18-8-6-17(7-9-18)29(36)34-43(38,39)20-10-11-40-14-20/h1-3,6-9,16,19-21,25H,4-5,10-15H2,(H,34,36)/t19-,20?,21+,25+/m0/s1. The van der Waals surface area contributed by atoms with E-state index in [0.29, 0.717) is 58.8 Å². The lowest BCUT2D eigenvalue weighted by Gasteiger charge is -2.31. The number of anilines is 1. The smallest absolute Gasteiger partial charge is 0.264 e. The number of hydrogen-bond donors (Lipinski definition) is 1. The molecule has 2 saturated carbocycles. The molecule has 10 nitrogen and oxygen atoms in total. The average Bonchev–Trinajstić information content (AvgIpc) is 3.34. The zero-order chi connectivity index (χ0) is 29.9. The number of hydrogen-bond acceptors (Lipinski definition) is 8. The fourth-order valence-electron chi connectivity index (χ4n) is 6.37. The molecule has 2 bridgehead atoms. The number of amides is 2. The molecule has 1 unspecified atom stereocenters. The van der Waals surface area contributed by atoms with Gasteiger partial charge in [-0.05, 0) is 68.5 Å². The van der Waals surface area contributed by atoms with E-state index >= 15 is 0 Å². The van der Waals surface area contributed by atoms with E-state index in [9.17, 15) is 18.0 Å². The highest BCUT2D eigenvalue weighted by Gasteiger charge is 2.52. The third-order valence-electron chi connectivity index (χ3n) is 8.78. The number of piperidine rings is 1. The number of nitrogens with zero attached hydrogens (tertiary/aromatic N) is 2. The van der Waals surface area contributed by atoms with Crippen molar-refractivity contribution in [2.75, 3.05) is 18.1 Å². The maximum absolute atomic E-state index is 13.5. The van der Waals surface area contributed by atoms with Crippen molar-refractivity contribution in [1.82, 2.24) is 9.88 Å². The van der Waals surface area contributed by atoms with E-state index in [-0.39, 0.29) is 42.7 Å². The first kappa shape index (κ1) is 28.8. The van der Waals surface area contributed by atoms with Gasteiger partial charge < -0.3 is 18.9 Å². The molecule has 226 valence electrons. The van der Waals surface area contributed by atoms with Crippen LogP contribution in [0.1, 0.15) is 59.7 Å². The first-order valence-corrected chi connectivity index (χ1v) is 16.6. The summed E-state index contributed by atoms with van der Waals surface area (Å²) in [5, 5.41) is 4.53. The van der Waals surface area contributed by atoms with Gasteiger partial charge >= 0.3 is 0 Å². The maximum atomic E-state index is 13.5. The van der Waals surface area contributed by atoms with Crippen LogP contribution in [0.2, 0.25) is 10.0 Å². The molecule has 0 radical (unpaired) electrons. The minimum atomic E-state index is -3.83. The Morgan fingerprint density at radius 1 is 1.07 bits per heavy atom. The molecule has 2 aliphatic carbocycles. The number of benzene rings is 2. The summed E-state index contributed by atoms with van der Waals surface area (Å²) in [7, 11) is -3.83. The number of halogens is 2. The van der Waals surface area contributed by atoms with Gasteiger partial charge in [0.25, 0.3) is 5.91 Å². The van der Waals surface area contributed by atoms with Crippen molar-refractivity contribution in [3.05, 3.63) is 69.4 Å². The average molecular weight is 647 g/mol. The van der Waals surface area contributed by atoms with E-state index in [0.717, 1.165) is 24.2 Å². The molecule has 2 aliphatic heterocycles. The second-order valence-corrected chi connectivity index (χ2v) is 14.3. The Labute approximate surface area is 258 Å². The van der Waals surface area contributed by atoms with Crippen LogP contribution in [-0.4, -0.2) is 56.0 Å². The van der Waals surface area contributed by atoms with Crippen molar-refractivity contribution in [3.8, 4) is 11.3 Å². The van der Waals surface area contributed by atoms with Crippen LogP contribution in [0.3, 0.4) is 0 Å². The highest BCUT2D eigenvalue weighted by molar-refractivity contribution is 7.90. The molecule has 1 N–H and O–H groups in total. The normalized spacial score (nSPS) is 25.1. The Morgan fingerprint density at radius 3 is 2.47 bits per heavy atom. The molecular weight excluding hydrogens is 617 g/mol. The van der Waals surface area contributed by atoms with Crippen LogP contribution in [0.5, 0.6) is 0 Å². The molecule has 43 heavy (non-hydrogen) atoms. The van der Waals surface area contributed by atoms with E-state index in [1.54, 1.807) is 35.2 Å². The predicted molar refractivity (Wildman–Crippen MR) is 159 cm³/mol. The zero-order valence-electron chi connectivity index (χ0n) is 23.0. The minimum absolute atomic E-state index is 0.0376. The van der Waals surface area contributed by atoms with Gasteiger partial charge in [-0.1, -0.05) is 34.4 Å². The van der Waals surface area contributed by atoms with Gasteiger partial charge in [0.15, 0.2) is 0 Å². The second kappa shape index (κ2) is 11.2. The van der Waals surface area contributed by atoms with Gasteiger partial charge in [0.1, 0.15) is 16.7 Å². The molecule has 2 amide bonds. The van der Waals surface area contributed by atoms with Crippen LogP contribution in [0.15, 0.2) is 47.0 Å². The predicted octanol–water partition coefficient (Wildman–Crippen LogP) is 5.08. The number of sulfonamides is 1. The summed E-state index contributed by atoms with van der Waals surface area (Å²) in [5.74, 6) is 0.0291. The van der Waals surface area contributed by atoms with Crippen molar-refractivity contribution in [3.63, 3.8) is 0 Å². The first-order chi connectivity index (χ1) is 20.7. The lowest BCUT2D eigenvalue weighted by molar-refractivity contribution is -0.126. The van der Waals surface area contributed by atoms with Crippen molar-refractivity contribution < 1.29 is 32.0 Å². The van der Waals surface area contributed by atoms with Crippen LogP contribution in [0, 0.1) is 5.92 Å². The summed E-state index contributed by atoms with van der Waals surface area (Å²) in [6, 6.07) is 11.7. The molecule has 13 heteroatoms. The molecular formula is C30H29Cl2N3O7S. The monoisotopic (exact) mass is 645 g/mol. The molecule has 4 atom stereocenters. The molecule has 4 fully saturated rings. The summed E-state index contributed by atoms with van der Waals surface area (Å²) < 4.78 is 44.3. The van der Waals surface area contributed by atoms with Crippen molar-refractivity contribution in [2.24, 2.45) is 5.92 Å². The highest BCUT2D eigenvalue weighted by Crippen LogP contribution is 2.47. The van der Waals surface area contributed by atoms with Crippen LogP contribution in [0.4, 0.5) is 5.69 Å². The summed E-state index contributed by atoms with van der Waals surface area (Å²) >= 11 is 13.0. The summed E-state index contributed by atoms with van der Waals surface area (Å²) in [6.45, 7) is 0.656. The third kappa shape index (κ3) is 5.35. The van der Waals surface area contributed by atoms with Crippen molar-refractivity contribution in [2.45, 2.75) is 62.0 Å². The fourth-order valence-corrected chi connectivity index (χ4v) is 8.17. The fraction of sp³-hybridized carbons (Fsp3) is 0.433. The van der Waals surface area contributed by atoms with E-state index in [1.807, 2.05) is 0 Å². The second-order valence-electron chi connectivity index (χ2n) is 11.5. The molecule has 0 spiro atoms. The van der Waals surface area contributed by atoms with Gasteiger partial charge in [-0.25, -0.2) is 13.1 Å². The molecule has 1 aromatic heterocycles. The summed E-state index contributed by atoms with van der Waals surface area (Å²) in [4.78, 5) is 27.8. The van der Waals surface area contributed by atoms with Crippen LogP contribution in [0.25, 0.3) is 11.3 Å². The number of ether oxygens (including phenoxy) is 2. The van der Waals surface area contributed by atoms with E-state index < -0.39 is 21.2 Å². The van der Waals surface area contributed by atoms with Gasteiger partial charge in [-0.3, -0.25) is 9.59 Å². The first-order valence-electron chi connectivity index (χ1n) is 14.3. The Morgan fingerprint density at radius 2 is 1.81 bits per heavy atom. The number of carbonyl (C=O) groups excluding carboxylic acids is 2. The Bertz CT molecular complexity index is 1660. The minimum Gasteiger partial charge on any atom is -0.380 e. The molecule has 7 rings (SSSR count). The molecule has 3 heterocycles. The van der Waals surface area contributed by atoms with Crippen molar-refractivity contribution in [1.29, 1.82) is 0 Å². The number of aromatic nitrogens is 1. The molecule has 2 aromatic carbocycles. The lowest BCUT2D eigenvalue weighted by Crippen LogP contribution is -2.43. The van der Waals surface area contributed by atoms with Gasteiger partial charge in [0.2, 0.25) is 15.9 Å². The summed E-state index contributed by atoms with van der Waals surface area (Å²) in [6.07, 6.45) is 3.45. The van der Waals surface area contributed by atoms with Crippen LogP contribution >= 0.6 is 23.2 Å². The van der Waals surface area contributed by atoms with Crippen molar-refractivity contribution >= 4 is 50.7 Å². The summed E-state index contributed by atoms with van der Waals surface area (Å²) in [5.41, 5.74) is 2.85. The third-order valence-corrected chi connectivity index (χ3v) is 11.1. The maximum Gasteiger partial charge on any atom is 0.264 e. The Hall–Kier alpha value is -2.96. The van der Waals surface area contributed by atoms with Gasteiger partial charge in [-0.15, -0.1) is 0 Å². The number of rotatable bonds is 9. The van der Waals surface area contributed by atoms with E-state index in [2.05, 4.69) is 9.88 Å². The SMILES string of the molecule is O=C(NS(=O)(=O)C1CCOC1)c1ccc(N2C(=O)[C@@H]3C[C@H]2C[C@H]3OCc2c(-c3c(Cl)cccc3Cl)noc2C2CC2)cc1. The Kier molecular flexibility index (Phi) is 7.49. The van der Waals surface area contributed by atoms with Gasteiger partial charge in [-0.2, -0.15) is 0 Å². The lowest BCUT2D eigenvalue weighted by atomic mass is 10.0. The van der Waals surface area contributed by atoms with E-state index in [1.165, 1.54) is 12.1 Å². The number of carbonyl (C=O) groups is 2. The van der Waals surface area contributed by atoms with Crippen LogP contribution < -0.4 is 9.62 Å². The zero-order valence-corrected chi connectivity index (χ0v) is 25.3. The Balaban J connectivity index is 1.02. The molecule has 3 aromatic rings. The quantitative estimate of drug-likeness (QED) is 0.341. The number of fused-ring (bicyclic) bond motifs is 2. The molecule has 4 aliphatic rings. The van der Waals surface area contributed by atoms with Crippen LogP contribution in [-0.2, 0) is 30.9 Å². The van der Waals surface area contributed by atoms with Gasteiger partial charge in [0, 0.05) is 40.9 Å². The number of nitrogens with one attached hydrogen (secondary N) is 1. The largest absolute Gasteiger partial charge is 0.380 e. The topological polar surface area (TPSA) is 128 Å². The van der Waals surface area contributed by atoms with Gasteiger partial charge in [0.05, 0.1) is 35.3 Å². The molecule has 2 saturated heterocycles.